The van der Waals surface area contributed by atoms with E-state index < -0.39 is 0 Å². The van der Waals surface area contributed by atoms with Crippen molar-refractivity contribution in [2.45, 2.75) is 45.6 Å². The zero-order chi connectivity index (χ0) is 19.1. The maximum absolute atomic E-state index is 12.3. The van der Waals surface area contributed by atoms with Gasteiger partial charge in [-0.1, -0.05) is 42.5 Å². The van der Waals surface area contributed by atoms with Crippen molar-refractivity contribution in [2.75, 3.05) is 19.6 Å². The fourth-order valence-corrected chi connectivity index (χ4v) is 3.43. The van der Waals surface area contributed by atoms with E-state index >= 15 is 0 Å². The van der Waals surface area contributed by atoms with Gasteiger partial charge >= 0.3 is 6.03 Å². The van der Waals surface area contributed by atoms with Crippen LogP contribution in [-0.4, -0.2) is 36.7 Å². The number of carbonyl (C=O) groups excluding carboxylic acids is 1. The van der Waals surface area contributed by atoms with Crippen LogP contribution in [0.15, 0.2) is 48.5 Å². The molecule has 4 nitrogen and oxygen atoms in total. The fraction of sp³-hybridized carbons (Fsp3) is 0.435. The number of carbonyl (C=O) groups is 1. The summed E-state index contributed by atoms with van der Waals surface area (Å²) in [7, 11) is 0. The second kappa shape index (κ2) is 9.45. The lowest BCUT2D eigenvalue weighted by atomic mass is 10.1. The highest BCUT2D eigenvalue weighted by atomic mass is 16.5. The number of rotatable bonds is 6. The number of nitrogens with one attached hydrogen (secondary N) is 1. The second-order valence-corrected chi connectivity index (χ2v) is 7.39. The normalized spacial score (nSPS) is 14.8. The lowest BCUT2D eigenvalue weighted by Gasteiger charge is -2.32. The second-order valence-electron chi connectivity index (χ2n) is 7.39. The van der Waals surface area contributed by atoms with E-state index in [2.05, 4.69) is 61.6 Å². The third kappa shape index (κ3) is 5.75. The number of urea groups is 1. The van der Waals surface area contributed by atoms with E-state index in [1.54, 1.807) is 0 Å². The number of amides is 2. The summed E-state index contributed by atoms with van der Waals surface area (Å²) in [5.74, 6) is 0.971. The van der Waals surface area contributed by atoms with Gasteiger partial charge in [-0.05, 0) is 49.4 Å². The summed E-state index contributed by atoms with van der Waals surface area (Å²) in [5, 5.41) is 3.05. The first-order valence-electron chi connectivity index (χ1n) is 9.92. The summed E-state index contributed by atoms with van der Waals surface area (Å²) in [4.78, 5) is 14.3. The Balaban J connectivity index is 1.37. The monoisotopic (exact) mass is 366 g/mol. The van der Waals surface area contributed by atoms with Gasteiger partial charge in [-0.15, -0.1) is 0 Å². The molecule has 1 aliphatic rings. The van der Waals surface area contributed by atoms with Crippen LogP contribution in [-0.2, 0) is 6.42 Å². The standard InChI is InChI=1S/C23H30N2O2/c1-18-10-11-19(2)22(17-18)27-21-12-15-25(16-13-21)23(26)24-14-6-9-20-7-4-3-5-8-20/h3-5,7-8,10-11,17,21H,6,9,12-16H2,1-2H3,(H,24,26). The molecule has 1 aliphatic heterocycles. The zero-order valence-electron chi connectivity index (χ0n) is 16.4. The van der Waals surface area contributed by atoms with Gasteiger partial charge in [-0.3, -0.25) is 0 Å². The topological polar surface area (TPSA) is 41.6 Å². The molecule has 1 N–H and O–H groups in total. The molecular weight excluding hydrogens is 336 g/mol. The third-order valence-electron chi connectivity index (χ3n) is 5.13. The predicted octanol–water partition coefficient (Wildman–Crippen LogP) is 4.49. The maximum atomic E-state index is 12.3. The van der Waals surface area contributed by atoms with Crippen LogP contribution in [0, 0.1) is 13.8 Å². The van der Waals surface area contributed by atoms with Crippen LogP contribution in [0.3, 0.4) is 0 Å². The summed E-state index contributed by atoms with van der Waals surface area (Å²) in [6.07, 6.45) is 3.90. The number of piperidine rings is 1. The molecule has 0 saturated carbocycles. The van der Waals surface area contributed by atoms with E-state index in [9.17, 15) is 4.79 Å². The summed E-state index contributed by atoms with van der Waals surface area (Å²) >= 11 is 0. The van der Waals surface area contributed by atoms with E-state index in [-0.39, 0.29) is 12.1 Å². The van der Waals surface area contributed by atoms with Crippen molar-refractivity contribution in [3.8, 4) is 5.75 Å². The predicted molar refractivity (Wildman–Crippen MR) is 109 cm³/mol. The van der Waals surface area contributed by atoms with Gasteiger partial charge in [0, 0.05) is 32.5 Å². The number of hydrogen-bond donors (Lipinski definition) is 1. The summed E-state index contributed by atoms with van der Waals surface area (Å²) in [5.41, 5.74) is 3.69. The van der Waals surface area contributed by atoms with Crippen LogP contribution >= 0.6 is 0 Å². The molecule has 1 heterocycles. The highest BCUT2D eigenvalue weighted by molar-refractivity contribution is 5.74. The molecule has 27 heavy (non-hydrogen) atoms. The molecule has 1 fully saturated rings. The van der Waals surface area contributed by atoms with Crippen molar-refractivity contribution < 1.29 is 9.53 Å². The molecule has 0 bridgehead atoms. The van der Waals surface area contributed by atoms with Crippen LogP contribution in [0.4, 0.5) is 4.79 Å². The molecule has 0 aliphatic carbocycles. The number of nitrogens with zero attached hydrogens (tertiary/aromatic N) is 1. The first-order valence-corrected chi connectivity index (χ1v) is 9.92. The Hall–Kier alpha value is -2.49. The molecule has 0 atom stereocenters. The summed E-state index contributed by atoms with van der Waals surface area (Å²) < 4.78 is 6.18. The molecule has 4 heteroatoms. The highest BCUT2D eigenvalue weighted by Crippen LogP contribution is 2.24. The van der Waals surface area contributed by atoms with Crippen molar-refractivity contribution in [3.63, 3.8) is 0 Å². The van der Waals surface area contributed by atoms with Crippen LogP contribution in [0.1, 0.15) is 36.0 Å². The quantitative estimate of drug-likeness (QED) is 0.766. The van der Waals surface area contributed by atoms with E-state index in [0.717, 1.165) is 44.5 Å². The molecule has 0 unspecified atom stereocenters. The molecule has 0 aromatic heterocycles. The van der Waals surface area contributed by atoms with Crippen molar-refractivity contribution in [1.82, 2.24) is 10.2 Å². The zero-order valence-corrected chi connectivity index (χ0v) is 16.4. The maximum Gasteiger partial charge on any atom is 0.317 e. The smallest absolute Gasteiger partial charge is 0.317 e. The van der Waals surface area contributed by atoms with Crippen molar-refractivity contribution in [1.29, 1.82) is 0 Å². The molecule has 144 valence electrons. The average molecular weight is 367 g/mol. The Kier molecular flexibility index (Phi) is 6.74. The Morgan fingerprint density at radius 3 is 2.59 bits per heavy atom. The molecule has 2 aromatic carbocycles. The van der Waals surface area contributed by atoms with Crippen LogP contribution < -0.4 is 10.1 Å². The molecular formula is C23H30N2O2. The third-order valence-corrected chi connectivity index (χ3v) is 5.13. The molecule has 0 spiro atoms. The van der Waals surface area contributed by atoms with E-state index in [4.69, 9.17) is 4.74 Å². The first kappa shape index (κ1) is 19.3. The Morgan fingerprint density at radius 1 is 1.11 bits per heavy atom. The number of ether oxygens (including phenoxy) is 1. The SMILES string of the molecule is Cc1ccc(C)c(OC2CCN(C(=O)NCCCc3ccccc3)CC2)c1. The van der Waals surface area contributed by atoms with E-state index in [1.165, 1.54) is 16.7 Å². The van der Waals surface area contributed by atoms with Gasteiger partial charge in [-0.2, -0.15) is 0 Å². The van der Waals surface area contributed by atoms with Crippen molar-refractivity contribution >= 4 is 6.03 Å². The minimum Gasteiger partial charge on any atom is -0.490 e. The fourth-order valence-electron chi connectivity index (χ4n) is 3.43. The van der Waals surface area contributed by atoms with Gasteiger partial charge in [0.25, 0.3) is 0 Å². The first-order chi connectivity index (χ1) is 13.1. The number of aryl methyl sites for hydroxylation is 3. The van der Waals surface area contributed by atoms with Crippen molar-refractivity contribution in [2.24, 2.45) is 0 Å². The molecule has 3 rings (SSSR count). The Bertz CT molecular complexity index is 737. The summed E-state index contributed by atoms with van der Waals surface area (Å²) in [6.45, 7) is 6.37. The van der Waals surface area contributed by atoms with E-state index in [1.807, 2.05) is 11.0 Å². The minimum absolute atomic E-state index is 0.0493. The van der Waals surface area contributed by atoms with Gasteiger partial charge in [0.2, 0.25) is 0 Å². The Morgan fingerprint density at radius 2 is 1.85 bits per heavy atom. The lowest BCUT2D eigenvalue weighted by molar-refractivity contribution is 0.110. The highest BCUT2D eigenvalue weighted by Gasteiger charge is 2.24. The van der Waals surface area contributed by atoms with Crippen molar-refractivity contribution in [3.05, 3.63) is 65.2 Å². The van der Waals surface area contributed by atoms with Gasteiger partial charge in [0.1, 0.15) is 11.9 Å². The van der Waals surface area contributed by atoms with Gasteiger partial charge in [0.05, 0.1) is 0 Å². The molecule has 2 amide bonds. The minimum atomic E-state index is 0.0493. The van der Waals surface area contributed by atoms with Crippen LogP contribution in [0.5, 0.6) is 5.75 Å². The lowest BCUT2D eigenvalue weighted by Crippen LogP contribution is -2.46. The van der Waals surface area contributed by atoms with Gasteiger partial charge in [0.15, 0.2) is 0 Å². The van der Waals surface area contributed by atoms with Crippen LogP contribution in [0.2, 0.25) is 0 Å². The molecule has 1 saturated heterocycles. The van der Waals surface area contributed by atoms with E-state index in [0.29, 0.717) is 6.54 Å². The Labute approximate surface area is 162 Å². The average Bonchev–Trinajstić information content (AvgIpc) is 2.69. The molecule has 2 aromatic rings. The number of hydrogen-bond acceptors (Lipinski definition) is 2. The van der Waals surface area contributed by atoms with Gasteiger partial charge in [-0.25, -0.2) is 4.79 Å². The summed E-state index contributed by atoms with van der Waals surface area (Å²) in [6, 6.07) is 16.7. The molecule has 0 radical (unpaired) electrons. The largest absolute Gasteiger partial charge is 0.490 e. The number of benzene rings is 2. The van der Waals surface area contributed by atoms with Gasteiger partial charge < -0.3 is 15.0 Å². The number of likely N-dealkylation sites (tertiary alicyclic amines) is 1. The van der Waals surface area contributed by atoms with Crippen LogP contribution in [0.25, 0.3) is 0 Å².